The first-order valence-electron chi connectivity index (χ1n) is 8.54. The van der Waals surface area contributed by atoms with Crippen molar-refractivity contribution in [1.82, 2.24) is 25.4 Å². The number of nitrogens with one attached hydrogen (secondary N) is 2. The molecule has 1 atom stereocenters. The summed E-state index contributed by atoms with van der Waals surface area (Å²) in [6.45, 7) is 3.98. The summed E-state index contributed by atoms with van der Waals surface area (Å²) in [5.74, 6) is 1.55. The summed E-state index contributed by atoms with van der Waals surface area (Å²) in [6, 6.07) is -0.642. The molecule has 0 radical (unpaired) electrons. The molecule has 0 unspecified atom stereocenters. The second kappa shape index (κ2) is 7.47. The molecule has 1 aromatic rings. The lowest BCUT2D eigenvalue weighted by molar-refractivity contribution is -0.139. The second-order valence-electron chi connectivity index (χ2n) is 6.13. The fourth-order valence-electron chi connectivity index (χ4n) is 2.86. The molecule has 136 valence electrons. The molecular weight excluding hydrogens is 342 g/mol. The van der Waals surface area contributed by atoms with E-state index in [9.17, 15) is 9.59 Å². The Balaban J connectivity index is 1.80. The predicted molar refractivity (Wildman–Crippen MR) is 93.1 cm³/mol. The van der Waals surface area contributed by atoms with Crippen molar-refractivity contribution in [2.45, 2.75) is 50.2 Å². The van der Waals surface area contributed by atoms with Gasteiger partial charge in [-0.05, 0) is 26.2 Å². The molecule has 9 heteroatoms. The fraction of sp³-hybridized carbons (Fsp3) is 0.625. The number of carbonyl (C=O) groups excluding carboxylic acids is 2. The molecule has 2 heterocycles. The van der Waals surface area contributed by atoms with Crippen LogP contribution in [0.2, 0.25) is 0 Å². The van der Waals surface area contributed by atoms with Crippen molar-refractivity contribution >= 4 is 23.8 Å². The number of esters is 1. The van der Waals surface area contributed by atoms with Crippen molar-refractivity contribution in [2.75, 3.05) is 12.4 Å². The molecule has 1 saturated carbocycles. The number of thioether (sulfide) groups is 1. The summed E-state index contributed by atoms with van der Waals surface area (Å²) in [4.78, 5) is 24.2. The molecule has 1 aromatic heterocycles. The van der Waals surface area contributed by atoms with Gasteiger partial charge < -0.3 is 19.9 Å². The van der Waals surface area contributed by atoms with E-state index in [2.05, 4.69) is 20.8 Å². The smallest absolute Gasteiger partial charge is 0.337 e. The SMILES string of the molecule is CCOC(=O)C1=C(CSc2nnc(C3CC3)n2C)NC(=O)N[C@@H]1CC. The summed E-state index contributed by atoms with van der Waals surface area (Å²) in [5, 5.41) is 14.8. The highest BCUT2D eigenvalue weighted by Crippen LogP contribution is 2.39. The maximum absolute atomic E-state index is 12.4. The third-order valence-electron chi connectivity index (χ3n) is 4.30. The highest BCUT2D eigenvalue weighted by molar-refractivity contribution is 7.99. The lowest BCUT2D eigenvalue weighted by Crippen LogP contribution is -2.50. The molecule has 0 spiro atoms. The lowest BCUT2D eigenvalue weighted by atomic mass is 10.0. The molecule has 1 aliphatic heterocycles. The second-order valence-corrected chi connectivity index (χ2v) is 7.08. The van der Waals surface area contributed by atoms with Gasteiger partial charge in [0.1, 0.15) is 5.82 Å². The van der Waals surface area contributed by atoms with Crippen LogP contribution in [-0.2, 0) is 16.6 Å². The standard InChI is InChI=1S/C16H23N5O3S/c1-4-10-12(14(22)24-5-2)11(18-15(23)17-10)8-25-16-20-19-13(21(16)3)9-6-7-9/h9-10H,4-8H2,1-3H3,(H2,17,18,23)/t10-/m1/s1. The Kier molecular flexibility index (Phi) is 5.31. The predicted octanol–water partition coefficient (Wildman–Crippen LogP) is 1.69. The monoisotopic (exact) mass is 365 g/mol. The number of rotatable bonds is 7. The Hall–Kier alpha value is -2.03. The van der Waals surface area contributed by atoms with Gasteiger partial charge in [-0.3, -0.25) is 0 Å². The van der Waals surface area contributed by atoms with Crippen LogP contribution in [0.25, 0.3) is 0 Å². The molecule has 25 heavy (non-hydrogen) atoms. The van der Waals surface area contributed by atoms with Crippen LogP contribution in [0.5, 0.6) is 0 Å². The summed E-state index contributed by atoms with van der Waals surface area (Å²) in [7, 11) is 1.95. The highest BCUT2D eigenvalue weighted by atomic mass is 32.2. The normalized spacial score (nSPS) is 20.3. The van der Waals surface area contributed by atoms with E-state index in [1.807, 2.05) is 18.5 Å². The number of carbonyl (C=O) groups is 2. The minimum Gasteiger partial charge on any atom is -0.463 e. The van der Waals surface area contributed by atoms with Crippen molar-refractivity contribution < 1.29 is 14.3 Å². The summed E-state index contributed by atoms with van der Waals surface area (Å²) < 4.78 is 7.16. The Morgan fingerprint density at radius 3 is 2.76 bits per heavy atom. The van der Waals surface area contributed by atoms with Crippen molar-refractivity contribution in [3.05, 3.63) is 17.1 Å². The van der Waals surface area contributed by atoms with Gasteiger partial charge in [0.15, 0.2) is 5.16 Å². The summed E-state index contributed by atoms with van der Waals surface area (Å²) in [5.41, 5.74) is 1.07. The largest absolute Gasteiger partial charge is 0.463 e. The Morgan fingerprint density at radius 2 is 2.12 bits per heavy atom. The van der Waals surface area contributed by atoms with Crippen LogP contribution in [0.15, 0.2) is 16.4 Å². The zero-order valence-electron chi connectivity index (χ0n) is 14.7. The van der Waals surface area contributed by atoms with Gasteiger partial charge in [0.2, 0.25) is 0 Å². The van der Waals surface area contributed by atoms with E-state index in [1.54, 1.807) is 6.92 Å². The number of hydrogen-bond donors (Lipinski definition) is 2. The van der Waals surface area contributed by atoms with E-state index >= 15 is 0 Å². The molecular formula is C16H23N5O3S. The van der Waals surface area contributed by atoms with Crippen LogP contribution >= 0.6 is 11.8 Å². The zero-order chi connectivity index (χ0) is 18.0. The number of hydrogen-bond acceptors (Lipinski definition) is 6. The molecule has 1 fully saturated rings. The van der Waals surface area contributed by atoms with Gasteiger partial charge >= 0.3 is 12.0 Å². The van der Waals surface area contributed by atoms with Gasteiger partial charge in [-0.2, -0.15) is 0 Å². The van der Waals surface area contributed by atoms with Crippen molar-refractivity contribution in [2.24, 2.45) is 7.05 Å². The minimum absolute atomic E-state index is 0.293. The number of ether oxygens (including phenoxy) is 1. The van der Waals surface area contributed by atoms with Gasteiger partial charge in [0, 0.05) is 24.4 Å². The van der Waals surface area contributed by atoms with Crippen LogP contribution in [0.4, 0.5) is 4.79 Å². The van der Waals surface area contributed by atoms with Gasteiger partial charge in [-0.25, -0.2) is 9.59 Å². The minimum atomic E-state index is -0.394. The molecule has 2 aliphatic rings. The molecule has 0 bridgehead atoms. The molecule has 2 N–H and O–H groups in total. The molecule has 0 aromatic carbocycles. The average Bonchev–Trinajstić information content (AvgIpc) is 3.36. The molecule has 2 amide bonds. The molecule has 1 aliphatic carbocycles. The highest BCUT2D eigenvalue weighted by Gasteiger charge is 2.32. The van der Waals surface area contributed by atoms with Crippen molar-refractivity contribution in [3.8, 4) is 0 Å². The topological polar surface area (TPSA) is 98.1 Å². The Bertz CT molecular complexity index is 711. The fourth-order valence-corrected chi connectivity index (χ4v) is 3.75. The van der Waals surface area contributed by atoms with E-state index in [0.717, 1.165) is 23.8 Å². The molecule has 0 saturated heterocycles. The van der Waals surface area contributed by atoms with Gasteiger partial charge in [-0.1, -0.05) is 18.7 Å². The number of amides is 2. The third kappa shape index (κ3) is 3.81. The van der Waals surface area contributed by atoms with E-state index in [0.29, 0.717) is 36.0 Å². The van der Waals surface area contributed by atoms with Crippen molar-refractivity contribution in [3.63, 3.8) is 0 Å². The van der Waals surface area contributed by atoms with Gasteiger partial charge in [0.05, 0.1) is 18.2 Å². The third-order valence-corrected chi connectivity index (χ3v) is 5.35. The van der Waals surface area contributed by atoms with E-state index in [4.69, 9.17) is 4.74 Å². The molecule has 8 nitrogen and oxygen atoms in total. The van der Waals surface area contributed by atoms with E-state index in [1.165, 1.54) is 11.8 Å². The van der Waals surface area contributed by atoms with Crippen molar-refractivity contribution in [1.29, 1.82) is 0 Å². The van der Waals surface area contributed by atoms with Gasteiger partial charge in [-0.15, -0.1) is 10.2 Å². The first-order valence-corrected chi connectivity index (χ1v) is 9.53. The lowest BCUT2D eigenvalue weighted by Gasteiger charge is -2.28. The number of nitrogens with zero attached hydrogens (tertiary/aromatic N) is 3. The van der Waals surface area contributed by atoms with Crippen LogP contribution in [0, 0.1) is 0 Å². The zero-order valence-corrected chi connectivity index (χ0v) is 15.5. The summed E-state index contributed by atoms with van der Waals surface area (Å²) in [6.07, 6.45) is 2.94. The van der Waals surface area contributed by atoms with Crippen LogP contribution in [0.1, 0.15) is 44.9 Å². The van der Waals surface area contributed by atoms with Gasteiger partial charge in [0.25, 0.3) is 0 Å². The van der Waals surface area contributed by atoms with Crippen LogP contribution in [0.3, 0.4) is 0 Å². The van der Waals surface area contributed by atoms with E-state index in [-0.39, 0.29) is 12.1 Å². The first kappa shape index (κ1) is 17.8. The molecule has 3 rings (SSSR count). The summed E-state index contributed by atoms with van der Waals surface area (Å²) >= 11 is 1.45. The Morgan fingerprint density at radius 1 is 1.36 bits per heavy atom. The first-order chi connectivity index (χ1) is 12.0. The number of aromatic nitrogens is 3. The van der Waals surface area contributed by atoms with E-state index < -0.39 is 5.97 Å². The maximum Gasteiger partial charge on any atom is 0.337 e. The maximum atomic E-state index is 12.4. The average molecular weight is 365 g/mol. The Labute approximate surface area is 150 Å². The quantitative estimate of drug-likeness (QED) is 0.564. The van der Waals surface area contributed by atoms with Crippen LogP contribution in [-0.4, -0.2) is 45.2 Å². The van der Waals surface area contributed by atoms with Crippen LogP contribution < -0.4 is 10.6 Å². The number of urea groups is 1.